The van der Waals surface area contributed by atoms with E-state index in [0.717, 1.165) is 16.9 Å². The highest BCUT2D eigenvalue weighted by atomic mass is 19.1. The highest BCUT2D eigenvalue weighted by molar-refractivity contribution is 5.55. The third-order valence-electron chi connectivity index (χ3n) is 1.98. The molecular weight excluding hydrogens is 177 g/mol. The molecule has 2 heteroatoms. The van der Waals surface area contributed by atoms with Gasteiger partial charge < -0.3 is 5.32 Å². The van der Waals surface area contributed by atoms with Crippen molar-refractivity contribution >= 4 is 5.69 Å². The molecule has 1 nitrogen and oxygen atoms in total. The Kier molecular flexibility index (Phi) is 3.28. The lowest BCUT2D eigenvalue weighted by Crippen LogP contribution is -2.00. The Hall–Kier alpha value is -1.31. The molecule has 0 atom stereocenters. The molecule has 1 aromatic carbocycles. The molecule has 0 aliphatic heterocycles. The molecule has 0 aliphatic rings. The van der Waals surface area contributed by atoms with E-state index < -0.39 is 0 Å². The molecule has 1 aromatic rings. The van der Waals surface area contributed by atoms with Crippen LogP contribution in [0.4, 0.5) is 10.1 Å². The van der Waals surface area contributed by atoms with Crippen LogP contribution in [-0.4, -0.2) is 0 Å². The zero-order valence-electron chi connectivity index (χ0n) is 8.89. The van der Waals surface area contributed by atoms with Crippen LogP contribution in [0.1, 0.15) is 32.3 Å². The quantitative estimate of drug-likeness (QED) is 0.767. The van der Waals surface area contributed by atoms with Gasteiger partial charge in [0.2, 0.25) is 0 Å². The van der Waals surface area contributed by atoms with Crippen LogP contribution in [-0.2, 0) is 0 Å². The second-order valence-corrected chi connectivity index (χ2v) is 3.79. The second-order valence-electron chi connectivity index (χ2n) is 3.79. The Bertz CT molecular complexity index is 342. The smallest absolute Gasteiger partial charge is 0.123 e. The summed E-state index contributed by atoms with van der Waals surface area (Å²) in [6.07, 6.45) is 0. The predicted molar refractivity (Wildman–Crippen MR) is 58.9 cm³/mol. The van der Waals surface area contributed by atoms with Gasteiger partial charge in [-0.05, 0) is 36.6 Å². The van der Waals surface area contributed by atoms with Crippen molar-refractivity contribution < 1.29 is 4.39 Å². The van der Waals surface area contributed by atoms with E-state index in [4.69, 9.17) is 0 Å². The van der Waals surface area contributed by atoms with Crippen molar-refractivity contribution in [1.82, 2.24) is 0 Å². The largest absolute Gasteiger partial charge is 0.359 e. The summed E-state index contributed by atoms with van der Waals surface area (Å²) in [4.78, 5) is 0. The highest BCUT2D eigenvalue weighted by Crippen LogP contribution is 2.25. The third-order valence-corrected chi connectivity index (χ3v) is 1.98. The minimum Gasteiger partial charge on any atom is -0.359 e. The van der Waals surface area contributed by atoms with Crippen molar-refractivity contribution in [3.8, 4) is 0 Å². The van der Waals surface area contributed by atoms with Gasteiger partial charge in [0.25, 0.3) is 0 Å². The van der Waals surface area contributed by atoms with E-state index in [1.807, 2.05) is 20.8 Å². The average molecular weight is 193 g/mol. The summed E-state index contributed by atoms with van der Waals surface area (Å²) < 4.78 is 13.0. The molecule has 0 unspecified atom stereocenters. The number of halogens is 1. The number of hydrogen-bond donors (Lipinski definition) is 1. The van der Waals surface area contributed by atoms with Gasteiger partial charge in [0.15, 0.2) is 0 Å². The van der Waals surface area contributed by atoms with Crippen molar-refractivity contribution in [2.75, 3.05) is 5.32 Å². The summed E-state index contributed by atoms with van der Waals surface area (Å²) >= 11 is 0. The summed E-state index contributed by atoms with van der Waals surface area (Å²) in [5.41, 5.74) is 2.78. The molecule has 14 heavy (non-hydrogen) atoms. The van der Waals surface area contributed by atoms with E-state index in [1.54, 1.807) is 12.1 Å². The highest BCUT2D eigenvalue weighted by Gasteiger charge is 2.07. The fourth-order valence-corrected chi connectivity index (χ4v) is 1.35. The minimum absolute atomic E-state index is 0.194. The van der Waals surface area contributed by atoms with Crippen LogP contribution in [0.3, 0.4) is 0 Å². The van der Waals surface area contributed by atoms with Crippen LogP contribution >= 0.6 is 0 Å². The van der Waals surface area contributed by atoms with Crippen molar-refractivity contribution in [1.29, 1.82) is 0 Å². The third kappa shape index (κ3) is 2.59. The standard InChI is InChI=1S/C12H16FN/c1-8(2)11-7-10(13)5-6-12(11)14-9(3)4/h5-8,14H,3H2,1-2,4H3. The molecule has 0 amide bonds. The Morgan fingerprint density at radius 3 is 2.57 bits per heavy atom. The normalized spacial score (nSPS) is 10.4. The van der Waals surface area contributed by atoms with E-state index >= 15 is 0 Å². The van der Waals surface area contributed by atoms with E-state index in [0.29, 0.717) is 5.92 Å². The van der Waals surface area contributed by atoms with Crippen molar-refractivity contribution in [3.05, 3.63) is 41.9 Å². The van der Waals surface area contributed by atoms with Gasteiger partial charge >= 0.3 is 0 Å². The molecular formula is C12H16FN. The van der Waals surface area contributed by atoms with Crippen LogP contribution in [0.25, 0.3) is 0 Å². The van der Waals surface area contributed by atoms with E-state index in [2.05, 4.69) is 11.9 Å². The van der Waals surface area contributed by atoms with Gasteiger partial charge in [-0.15, -0.1) is 0 Å². The van der Waals surface area contributed by atoms with Gasteiger partial charge in [-0.1, -0.05) is 20.4 Å². The molecule has 0 spiro atoms. The summed E-state index contributed by atoms with van der Waals surface area (Å²) in [5.74, 6) is 0.105. The first kappa shape index (κ1) is 10.8. The van der Waals surface area contributed by atoms with Crippen LogP contribution in [0.2, 0.25) is 0 Å². The lowest BCUT2D eigenvalue weighted by molar-refractivity contribution is 0.623. The lowest BCUT2D eigenvalue weighted by Gasteiger charge is -2.14. The van der Waals surface area contributed by atoms with Crippen molar-refractivity contribution in [2.24, 2.45) is 0 Å². The maximum absolute atomic E-state index is 13.0. The number of allylic oxidation sites excluding steroid dienone is 1. The summed E-state index contributed by atoms with van der Waals surface area (Å²) in [6.45, 7) is 9.73. The van der Waals surface area contributed by atoms with Crippen molar-refractivity contribution in [2.45, 2.75) is 26.7 Å². The molecule has 0 saturated heterocycles. The summed E-state index contributed by atoms with van der Waals surface area (Å²) in [6, 6.07) is 4.77. The monoisotopic (exact) mass is 193 g/mol. The summed E-state index contributed by atoms with van der Waals surface area (Å²) in [7, 11) is 0. The van der Waals surface area contributed by atoms with Gasteiger partial charge in [0, 0.05) is 11.4 Å². The molecule has 0 bridgehead atoms. The van der Waals surface area contributed by atoms with Gasteiger partial charge in [0.05, 0.1) is 0 Å². The fourth-order valence-electron chi connectivity index (χ4n) is 1.35. The summed E-state index contributed by atoms with van der Waals surface area (Å²) in [5, 5.41) is 3.12. The molecule has 0 saturated carbocycles. The Balaban J connectivity index is 3.08. The Morgan fingerprint density at radius 1 is 1.43 bits per heavy atom. The molecule has 0 fully saturated rings. The van der Waals surface area contributed by atoms with Crippen molar-refractivity contribution in [3.63, 3.8) is 0 Å². The second kappa shape index (κ2) is 4.27. The Labute approximate surface area is 84.6 Å². The first-order valence-corrected chi connectivity index (χ1v) is 4.72. The van der Waals surface area contributed by atoms with Crippen LogP contribution in [0.15, 0.2) is 30.5 Å². The van der Waals surface area contributed by atoms with E-state index in [1.165, 1.54) is 6.07 Å². The molecule has 1 N–H and O–H groups in total. The SMILES string of the molecule is C=C(C)Nc1ccc(F)cc1C(C)C. The van der Waals surface area contributed by atoms with Gasteiger partial charge in [-0.3, -0.25) is 0 Å². The minimum atomic E-state index is -0.194. The fraction of sp³-hybridized carbons (Fsp3) is 0.333. The van der Waals surface area contributed by atoms with E-state index in [-0.39, 0.29) is 5.82 Å². The van der Waals surface area contributed by atoms with Crippen LogP contribution < -0.4 is 5.32 Å². The molecule has 76 valence electrons. The van der Waals surface area contributed by atoms with Gasteiger partial charge in [-0.2, -0.15) is 0 Å². The number of hydrogen-bond acceptors (Lipinski definition) is 1. The molecule has 0 aromatic heterocycles. The lowest BCUT2D eigenvalue weighted by atomic mass is 10.0. The molecule has 0 heterocycles. The van der Waals surface area contributed by atoms with Gasteiger partial charge in [0.1, 0.15) is 5.82 Å². The number of anilines is 1. The molecule has 0 radical (unpaired) electrons. The predicted octanol–water partition coefficient (Wildman–Crippen LogP) is 3.89. The maximum atomic E-state index is 13.0. The topological polar surface area (TPSA) is 12.0 Å². The maximum Gasteiger partial charge on any atom is 0.123 e. The average Bonchev–Trinajstić information content (AvgIpc) is 2.07. The zero-order valence-corrected chi connectivity index (χ0v) is 8.89. The first-order chi connectivity index (χ1) is 6.50. The molecule has 1 rings (SSSR count). The van der Waals surface area contributed by atoms with Gasteiger partial charge in [-0.25, -0.2) is 4.39 Å². The number of benzene rings is 1. The number of rotatable bonds is 3. The first-order valence-electron chi connectivity index (χ1n) is 4.72. The Morgan fingerprint density at radius 2 is 2.07 bits per heavy atom. The number of nitrogens with one attached hydrogen (secondary N) is 1. The zero-order chi connectivity index (χ0) is 10.7. The molecule has 0 aliphatic carbocycles. The van der Waals surface area contributed by atoms with E-state index in [9.17, 15) is 4.39 Å². The van der Waals surface area contributed by atoms with Crippen LogP contribution in [0, 0.1) is 5.82 Å². The van der Waals surface area contributed by atoms with Crippen LogP contribution in [0.5, 0.6) is 0 Å².